The van der Waals surface area contributed by atoms with Gasteiger partial charge in [0.25, 0.3) is 0 Å². The van der Waals surface area contributed by atoms with E-state index in [-0.39, 0.29) is 11.3 Å². The molecular formula is C17H18ClNO5S2. The first-order valence-electron chi connectivity index (χ1n) is 7.60. The predicted molar refractivity (Wildman–Crippen MR) is 103 cm³/mol. The Morgan fingerprint density at radius 3 is 2.46 bits per heavy atom. The number of rotatable bonds is 9. The topological polar surface area (TPSA) is 92.7 Å². The largest absolute Gasteiger partial charge is 0.480 e. The summed E-state index contributed by atoms with van der Waals surface area (Å²) < 4.78 is 32.6. The molecule has 0 unspecified atom stereocenters. The molecule has 140 valence electrons. The van der Waals surface area contributed by atoms with Crippen LogP contribution in [0.25, 0.3) is 0 Å². The summed E-state index contributed by atoms with van der Waals surface area (Å²) in [6.07, 6.45) is 2.02. The third-order valence-electron chi connectivity index (χ3n) is 3.40. The summed E-state index contributed by atoms with van der Waals surface area (Å²) in [7, 11) is -3.95. The van der Waals surface area contributed by atoms with Crippen LogP contribution in [-0.4, -0.2) is 37.5 Å². The maximum Gasteiger partial charge on any atom is 0.321 e. The second-order valence-corrected chi connectivity index (χ2v) is 8.40. The molecular weight excluding hydrogens is 398 g/mol. The van der Waals surface area contributed by atoms with E-state index in [0.29, 0.717) is 22.3 Å². The van der Waals surface area contributed by atoms with Gasteiger partial charge < -0.3 is 9.84 Å². The van der Waals surface area contributed by atoms with E-state index < -0.39 is 22.0 Å². The minimum Gasteiger partial charge on any atom is -0.480 e. The average molecular weight is 416 g/mol. The molecule has 0 saturated heterocycles. The first kappa shape index (κ1) is 20.6. The average Bonchev–Trinajstić information content (AvgIpc) is 2.61. The van der Waals surface area contributed by atoms with Crippen LogP contribution in [0.2, 0.25) is 5.02 Å². The number of aliphatic carboxylic acids is 1. The van der Waals surface area contributed by atoms with Crippen molar-refractivity contribution >= 4 is 39.4 Å². The quantitative estimate of drug-likeness (QED) is 0.649. The highest BCUT2D eigenvalue weighted by molar-refractivity contribution is 7.98. The van der Waals surface area contributed by atoms with Crippen LogP contribution in [0.3, 0.4) is 0 Å². The number of nitrogens with one attached hydrogen (secondary N) is 1. The molecule has 9 heteroatoms. The van der Waals surface area contributed by atoms with E-state index in [1.54, 1.807) is 24.3 Å². The second kappa shape index (κ2) is 9.27. The number of carboxylic acids is 1. The maximum atomic E-state index is 12.4. The minimum atomic E-state index is -3.95. The Morgan fingerprint density at radius 1 is 1.23 bits per heavy atom. The van der Waals surface area contributed by atoms with Crippen molar-refractivity contribution in [2.24, 2.45) is 0 Å². The Morgan fingerprint density at radius 2 is 1.88 bits per heavy atom. The van der Waals surface area contributed by atoms with Gasteiger partial charge in [0.15, 0.2) is 0 Å². The number of thioether (sulfide) groups is 1. The normalized spacial score (nSPS) is 12.5. The molecule has 2 aromatic rings. The second-order valence-electron chi connectivity index (χ2n) is 5.30. The Kier molecular flexibility index (Phi) is 7.33. The minimum absolute atomic E-state index is 0.0422. The molecule has 0 bridgehead atoms. The first-order chi connectivity index (χ1) is 12.3. The van der Waals surface area contributed by atoms with Crippen LogP contribution in [0.1, 0.15) is 6.42 Å². The number of halogens is 1. The predicted octanol–water partition coefficient (Wildman–Crippen LogP) is 3.62. The van der Waals surface area contributed by atoms with Crippen LogP contribution >= 0.6 is 23.4 Å². The molecule has 0 aliphatic heterocycles. The molecule has 0 saturated carbocycles. The molecule has 6 nitrogen and oxygen atoms in total. The smallest absolute Gasteiger partial charge is 0.321 e. The lowest BCUT2D eigenvalue weighted by atomic mass is 10.2. The molecule has 26 heavy (non-hydrogen) atoms. The van der Waals surface area contributed by atoms with Crippen molar-refractivity contribution in [2.45, 2.75) is 17.4 Å². The summed E-state index contributed by atoms with van der Waals surface area (Å²) in [5.41, 5.74) is 0. The molecule has 0 aromatic heterocycles. The van der Waals surface area contributed by atoms with Gasteiger partial charge >= 0.3 is 5.97 Å². The molecule has 0 fully saturated rings. The van der Waals surface area contributed by atoms with Gasteiger partial charge in [0.05, 0.1) is 9.92 Å². The van der Waals surface area contributed by atoms with E-state index >= 15 is 0 Å². The zero-order chi connectivity index (χ0) is 19.2. The van der Waals surface area contributed by atoms with Crippen LogP contribution < -0.4 is 9.46 Å². The number of ether oxygens (including phenoxy) is 1. The SMILES string of the molecule is CSCC[C@H](NS(=O)(=O)c1ccc(Oc2ccccc2Cl)cc1)C(=O)O. The van der Waals surface area contributed by atoms with Gasteiger partial charge in [-0.2, -0.15) is 16.5 Å². The first-order valence-corrected chi connectivity index (χ1v) is 10.9. The van der Waals surface area contributed by atoms with Gasteiger partial charge in [-0.3, -0.25) is 4.79 Å². The summed E-state index contributed by atoms with van der Waals surface area (Å²) in [5, 5.41) is 9.61. The molecule has 0 aliphatic carbocycles. The lowest BCUT2D eigenvalue weighted by Crippen LogP contribution is -2.41. The van der Waals surface area contributed by atoms with E-state index in [1.165, 1.54) is 36.0 Å². The zero-order valence-corrected chi connectivity index (χ0v) is 16.3. The fourth-order valence-electron chi connectivity index (χ4n) is 2.07. The van der Waals surface area contributed by atoms with Crippen LogP contribution in [-0.2, 0) is 14.8 Å². The number of hydrogen-bond acceptors (Lipinski definition) is 5. The van der Waals surface area contributed by atoms with E-state index in [9.17, 15) is 18.3 Å². The van der Waals surface area contributed by atoms with Crippen molar-refractivity contribution in [1.82, 2.24) is 4.72 Å². The summed E-state index contributed by atoms with van der Waals surface area (Å²) in [6, 6.07) is 11.4. The molecule has 0 heterocycles. The van der Waals surface area contributed by atoms with E-state index in [1.807, 2.05) is 6.26 Å². The number of para-hydroxylation sites is 1. The highest BCUT2D eigenvalue weighted by Gasteiger charge is 2.25. The van der Waals surface area contributed by atoms with Gasteiger partial charge in [0, 0.05) is 0 Å². The molecule has 0 amide bonds. The monoisotopic (exact) mass is 415 g/mol. The molecule has 0 spiro atoms. The summed E-state index contributed by atoms with van der Waals surface area (Å²) in [5.74, 6) is 0.186. The lowest BCUT2D eigenvalue weighted by molar-refractivity contribution is -0.139. The third kappa shape index (κ3) is 5.63. The van der Waals surface area contributed by atoms with Gasteiger partial charge in [0.1, 0.15) is 17.5 Å². The fourth-order valence-corrected chi connectivity index (χ4v) is 3.93. The van der Waals surface area contributed by atoms with Crippen molar-refractivity contribution in [1.29, 1.82) is 0 Å². The molecule has 0 radical (unpaired) electrons. The number of sulfonamides is 1. The molecule has 1 atom stereocenters. The van der Waals surface area contributed by atoms with Crippen LogP contribution in [0.5, 0.6) is 11.5 Å². The standard InChI is InChI=1S/C17H18ClNO5S2/c1-25-11-10-15(17(20)21)19-26(22,23)13-8-6-12(7-9-13)24-16-5-3-2-4-14(16)18/h2-9,15,19H,10-11H2,1H3,(H,20,21)/t15-/m0/s1. The molecule has 2 N–H and O–H groups in total. The Balaban J connectivity index is 2.13. The summed E-state index contributed by atoms with van der Waals surface area (Å²) in [6.45, 7) is 0. The van der Waals surface area contributed by atoms with Crippen LogP contribution in [0.4, 0.5) is 0 Å². The molecule has 2 rings (SSSR count). The van der Waals surface area contributed by atoms with Crippen molar-refractivity contribution in [3.05, 3.63) is 53.6 Å². The van der Waals surface area contributed by atoms with Crippen LogP contribution in [0, 0.1) is 0 Å². The van der Waals surface area contributed by atoms with Gasteiger partial charge in [-0.25, -0.2) is 8.42 Å². The Hall–Kier alpha value is -1.74. The maximum absolute atomic E-state index is 12.4. The lowest BCUT2D eigenvalue weighted by Gasteiger charge is -2.14. The van der Waals surface area contributed by atoms with Crippen molar-refractivity contribution in [3.8, 4) is 11.5 Å². The highest BCUT2D eigenvalue weighted by Crippen LogP contribution is 2.29. The van der Waals surface area contributed by atoms with Crippen LogP contribution in [0.15, 0.2) is 53.4 Å². The molecule has 0 aliphatic rings. The van der Waals surface area contributed by atoms with Crippen molar-refractivity contribution < 1.29 is 23.1 Å². The summed E-state index contributed by atoms with van der Waals surface area (Å²) >= 11 is 7.47. The third-order valence-corrected chi connectivity index (χ3v) is 5.85. The van der Waals surface area contributed by atoms with Gasteiger partial charge in [-0.1, -0.05) is 23.7 Å². The van der Waals surface area contributed by atoms with Gasteiger partial charge in [0.2, 0.25) is 10.0 Å². The van der Waals surface area contributed by atoms with Crippen molar-refractivity contribution in [2.75, 3.05) is 12.0 Å². The number of benzene rings is 2. The van der Waals surface area contributed by atoms with E-state index in [2.05, 4.69) is 4.72 Å². The van der Waals surface area contributed by atoms with Gasteiger partial charge in [-0.15, -0.1) is 0 Å². The molecule has 2 aromatic carbocycles. The van der Waals surface area contributed by atoms with E-state index in [4.69, 9.17) is 16.3 Å². The Bertz CT molecular complexity index is 856. The number of hydrogen-bond donors (Lipinski definition) is 2. The number of carboxylic acid groups (broad SMARTS) is 1. The van der Waals surface area contributed by atoms with Crippen molar-refractivity contribution in [3.63, 3.8) is 0 Å². The fraction of sp³-hybridized carbons (Fsp3) is 0.235. The highest BCUT2D eigenvalue weighted by atomic mass is 35.5. The summed E-state index contributed by atoms with van der Waals surface area (Å²) in [4.78, 5) is 11.2. The Labute approximate surface area is 161 Å². The van der Waals surface area contributed by atoms with Gasteiger partial charge in [-0.05, 0) is 54.8 Å². The zero-order valence-electron chi connectivity index (χ0n) is 13.9. The number of carbonyl (C=O) groups is 1. The van der Waals surface area contributed by atoms with E-state index in [0.717, 1.165) is 0 Å².